The van der Waals surface area contributed by atoms with Crippen molar-refractivity contribution in [1.29, 1.82) is 5.26 Å². The second kappa shape index (κ2) is 3.43. The Labute approximate surface area is 86.2 Å². The number of nitriles is 1. The number of phenols is 1. The van der Waals surface area contributed by atoms with Crippen LogP contribution in [0.1, 0.15) is 15.9 Å². The van der Waals surface area contributed by atoms with Gasteiger partial charge >= 0.3 is 0 Å². The molecule has 3 heteroatoms. The van der Waals surface area contributed by atoms with E-state index in [9.17, 15) is 9.90 Å². The minimum atomic E-state index is 0.144. The average Bonchev–Trinajstić information content (AvgIpc) is 2.27. The first-order valence-corrected chi connectivity index (χ1v) is 4.37. The van der Waals surface area contributed by atoms with Gasteiger partial charge in [0.1, 0.15) is 11.8 Å². The maximum Gasteiger partial charge on any atom is 0.151 e. The molecule has 0 fully saturated rings. The van der Waals surface area contributed by atoms with Crippen LogP contribution in [0.3, 0.4) is 0 Å². The fourth-order valence-corrected chi connectivity index (χ4v) is 1.56. The van der Waals surface area contributed by atoms with Gasteiger partial charge in [0.25, 0.3) is 0 Å². The second-order valence-corrected chi connectivity index (χ2v) is 3.16. The molecule has 15 heavy (non-hydrogen) atoms. The van der Waals surface area contributed by atoms with Crippen LogP contribution >= 0.6 is 0 Å². The van der Waals surface area contributed by atoms with Crippen molar-refractivity contribution in [2.75, 3.05) is 0 Å². The first-order chi connectivity index (χ1) is 7.26. The Morgan fingerprint density at radius 1 is 1.27 bits per heavy atom. The topological polar surface area (TPSA) is 61.1 Å². The van der Waals surface area contributed by atoms with Crippen LogP contribution in [0.5, 0.6) is 5.75 Å². The quantitative estimate of drug-likeness (QED) is 0.713. The van der Waals surface area contributed by atoms with Gasteiger partial charge in [-0.05, 0) is 29.7 Å². The number of carbonyl (C=O) groups excluding carboxylic acids is 1. The first kappa shape index (κ1) is 9.22. The number of rotatable bonds is 1. The lowest BCUT2D eigenvalue weighted by atomic mass is 10.0. The molecule has 0 amide bonds. The predicted molar refractivity (Wildman–Crippen MR) is 55.7 cm³/mol. The minimum absolute atomic E-state index is 0.144. The Kier molecular flexibility index (Phi) is 2.11. The molecular formula is C12H7NO2. The zero-order valence-corrected chi connectivity index (χ0v) is 7.77. The molecule has 0 saturated heterocycles. The van der Waals surface area contributed by atoms with Crippen LogP contribution in [0, 0.1) is 11.3 Å². The van der Waals surface area contributed by atoms with E-state index >= 15 is 0 Å². The smallest absolute Gasteiger partial charge is 0.151 e. The zero-order chi connectivity index (χ0) is 10.8. The number of carbonyl (C=O) groups is 1. The maximum absolute atomic E-state index is 10.7. The van der Waals surface area contributed by atoms with Crippen molar-refractivity contribution in [2.45, 2.75) is 0 Å². The number of hydrogen-bond acceptors (Lipinski definition) is 3. The Morgan fingerprint density at radius 2 is 2.07 bits per heavy atom. The van der Waals surface area contributed by atoms with Crippen molar-refractivity contribution in [3.8, 4) is 11.8 Å². The SMILES string of the molecule is N#Cc1c(C=O)ccc2cc(O)ccc12. The van der Waals surface area contributed by atoms with Crippen LogP contribution < -0.4 is 0 Å². The van der Waals surface area contributed by atoms with Crippen LogP contribution in [-0.4, -0.2) is 11.4 Å². The van der Waals surface area contributed by atoms with E-state index in [0.717, 1.165) is 5.39 Å². The van der Waals surface area contributed by atoms with E-state index in [1.165, 1.54) is 6.07 Å². The van der Waals surface area contributed by atoms with E-state index in [1.807, 2.05) is 6.07 Å². The van der Waals surface area contributed by atoms with Gasteiger partial charge in [-0.3, -0.25) is 4.79 Å². The second-order valence-electron chi connectivity index (χ2n) is 3.16. The number of benzene rings is 2. The molecule has 0 aliphatic heterocycles. The zero-order valence-electron chi connectivity index (χ0n) is 7.77. The summed E-state index contributed by atoms with van der Waals surface area (Å²) in [5.74, 6) is 0.144. The van der Waals surface area contributed by atoms with Crippen molar-refractivity contribution < 1.29 is 9.90 Å². The Morgan fingerprint density at radius 3 is 2.73 bits per heavy atom. The molecule has 0 aromatic heterocycles. The summed E-state index contributed by atoms with van der Waals surface area (Å²) in [6, 6.07) is 9.97. The van der Waals surface area contributed by atoms with E-state index in [-0.39, 0.29) is 5.75 Å². The number of fused-ring (bicyclic) bond motifs is 1. The van der Waals surface area contributed by atoms with Crippen LogP contribution in [0.2, 0.25) is 0 Å². The van der Waals surface area contributed by atoms with Crippen LogP contribution in [0.4, 0.5) is 0 Å². The van der Waals surface area contributed by atoms with Crippen molar-refractivity contribution in [3.05, 3.63) is 41.5 Å². The van der Waals surface area contributed by atoms with Gasteiger partial charge in [-0.15, -0.1) is 0 Å². The summed E-state index contributed by atoms with van der Waals surface area (Å²) in [5, 5.41) is 19.6. The van der Waals surface area contributed by atoms with Gasteiger partial charge in [-0.1, -0.05) is 6.07 Å². The Hall–Kier alpha value is -2.34. The largest absolute Gasteiger partial charge is 0.508 e. The van der Waals surface area contributed by atoms with E-state index in [2.05, 4.69) is 0 Å². The van der Waals surface area contributed by atoms with E-state index < -0.39 is 0 Å². The summed E-state index contributed by atoms with van der Waals surface area (Å²) in [5.41, 5.74) is 0.721. The third-order valence-electron chi connectivity index (χ3n) is 2.27. The van der Waals surface area contributed by atoms with Crippen LogP contribution in [-0.2, 0) is 0 Å². The van der Waals surface area contributed by atoms with Gasteiger partial charge in [0.15, 0.2) is 6.29 Å². The van der Waals surface area contributed by atoms with Crippen molar-refractivity contribution in [1.82, 2.24) is 0 Å². The molecule has 0 aliphatic rings. The summed E-state index contributed by atoms with van der Waals surface area (Å²) in [4.78, 5) is 10.7. The molecule has 3 nitrogen and oxygen atoms in total. The molecule has 0 heterocycles. The van der Waals surface area contributed by atoms with E-state index in [1.54, 1.807) is 24.3 Å². The third-order valence-corrected chi connectivity index (χ3v) is 2.27. The van der Waals surface area contributed by atoms with Crippen molar-refractivity contribution >= 4 is 17.1 Å². The highest BCUT2D eigenvalue weighted by Crippen LogP contribution is 2.24. The van der Waals surface area contributed by atoms with E-state index in [0.29, 0.717) is 22.8 Å². The molecular weight excluding hydrogens is 190 g/mol. The molecule has 0 spiro atoms. The van der Waals surface area contributed by atoms with Crippen LogP contribution in [0.15, 0.2) is 30.3 Å². The van der Waals surface area contributed by atoms with Gasteiger partial charge in [0.2, 0.25) is 0 Å². The molecule has 0 atom stereocenters. The fourth-order valence-electron chi connectivity index (χ4n) is 1.56. The summed E-state index contributed by atoms with van der Waals surface area (Å²) in [6.45, 7) is 0. The summed E-state index contributed by atoms with van der Waals surface area (Å²) in [7, 11) is 0. The third kappa shape index (κ3) is 1.42. The molecule has 72 valence electrons. The van der Waals surface area contributed by atoms with Gasteiger partial charge in [-0.2, -0.15) is 5.26 Å². The van der Waals surface area contributed by atoms with Crippen LogP contribution in [0.25, 0.3) is 10.8 Å². The molecule has 1 N–H and O–H groups in total. The van der Waals surface area contributed by atoms with Gasteiger partial charge in [0.05, 0.1) is 5.56 Å². The van der Waals surface area contributed by atoms with Crippen molar-refractivity contribution in [3.63, 3.8) is 0 Å². The Bertz CT molecular complexity index is 582. The van der Waals surface area contributed by atoms with Gasteiger partial charge in [-0.25, -0.2) is 0 Å². The highest BCUT2D eigenvalue weighted by Gasteiger charge is 2.06. The molecule has 0 radical (unpaired) electrons. The molecule has 2 rings (SSSR count). The lowest BCUT2D eigenvalue weighted by Gasteiger charge is -2.02. The highest BCUT2D eigenvalue weighted by atomic mass is 16.3. The number of nitrogens with zero attached hydrogens (tertiary/aromatic N) is 1. The summed E-state index contributed by atoms with van der Waals surface area (Å²) >= 11 is 0. The lowest BCUT2D eigenvalue weighted by molar-refractivity contribution is 0.112. The van der Waals surface area contributed by atoms with Gasteiger partial charge in [0, 0.05) is 10.9 Å². The van der Waals surface area contributed by atoms with E-state index in [4.69, 9.17) is 5.26 Å². The highest BCUT2D eigenvalue weighted by molar-refractivity contribution is 5.95. The molecule has 0 aliphatic carbocycles. The summed E-state index contributed by atoms with van der Waals surface area (Å²) in [6.07, 6.45) is 0.658. The lowest BCUT2D eigenvalue weighted by Crippen LogP contribution is -1.88. The molecule has 0 saturated carbocycles. The molecule has 0 bridgehead atoms. The first-order valence-electron chi connectivity index (χ1n) is 4.37. The number of hydrogen-bond donors (Lipinski definition) is 1. The summed E-state index contributed by atoms with van der Waals surface area (Å²) < 4.78 is 0. The number of phenolic OH excluding ortho intramolecular Hbond substituents is 1. The molecule has 0 unspecified atom stereocenters. The Balaban J connectivity index is 2.89. The van der Waals surface area contributed by atoms with Crippen molar-refractivity contribution in [2.24, 2.45) is 0 Å². The predicted octanol–water partition coefficient (Wildman–Crippen LogP) is 2.23. The standard InChI is InChI=1S/C12H7NO2/c13-6-12-9(7-14)2-1-8-5-10(15)3-4-11(8)12/h1-5,7,15H. The maximum atomic E-state index is 10.7. The number of aromatic hydroxyl groups is 1. The normalized spacial score (nSPS) is 9.80. The molecule has 2 aromatic rings. The fraction of sp³-hybridized carbons (Fsp3) is 0. The molecule has 2 aromatic carbocycles. The number of aldehydes is 1. The monoisotopic (exact) mass is 197 g/mol. The minimum Gasteiger partial charge on any atom is -0.508 e. The van der Waals surface area contributed by atoms with Gasteiger partial charge < -0.3 is 5.11 Å². The average molecular weight is 197 g/mol.